The molecule has 0 aliphatic heterocycles. The fourth-order valence-corrected chi connectivity index (χ4v) is 4.04. The average Bonchev–Trinajstić information content (AvgIpc) is 2.89. The zero-order chi connectivity index (χ0) is 26.6. The number of esters is 1. The number of nitriles is 1. The average molecular weight is 501 g/mol. The van der Waals surface area contributed by atoms with Gasteiger partial charge in [-0.3, -0.25) is 4.79 Å². The number of hydrogen-bond acceptors (Lipinski definition) is 6. The van der Waals surface area contributed by atoms with E-state index in [-0.39, 0.29) is 0 Å². The summed E-state index contributed by atoms with van der Waals surface area (Å²) in [5.41, 5.74) is 5.37. The molecular weight excluding hydrogens is 464 g/mol. The maximum Gasteiger partial charge on any atom is 0.304 e. The Morgan fingerprint density at radius 1 is 1.00 bits per heavy atom. The molecule has 1 atom stereocenters. The van der Waals surface area contributed by atoms with Crippen LogP contribution >= 0.6 is 0 Å². The number of nitrogens with one attached hydrogen (secondary N) is 1. The molecule has 3 aromatic rings. The predicted octanol–water partition coefficient (Wildman–Crippen LogP) is 6.59. The summed E-state index contributed by atoms with van der Waals surface area (Å²) >= 11 is 0. The van der Waals surface area contributed by atoms with Gasteiger partial charge in [-0.1, -0.05) is 57.2 Å². The van der Waals surface area contributed by atoms with E-state index >= 15 is 0 Å². The number of carbonyl (C=O) groups excluding carboxylic acids is 1. The van der Waals surface area contributed by atoms with Crippen LogP contribution in [0.25, 0.3) is 0 Å². The molecule has 0 aromatic heterocycles. The maximum atomic E-state index is 12.1. The lowest BCUT2D eigenvalue weighted by atomic mass is 9.95. The second-order valence-electron chi connectivity index (χ2n) is 9.33. The van der Waals surface area contributed by atoms with E-state index in [1.165, 1.54) is 6.92 Å². The van der Waals surface area contributed by atoms with Crippen molar-refractivity contribution in [2.75, 3.05) is 18.5 Å². The molecule has 1 unspecified atom stereocenters. The Labute approximate surface area is 220 Å². The standard InChI is InChI=1S/C31H36N2O4/c1-5-24-18-27(17-22(2)3)30(36-16-15-35-21-26-9-7-6-8-10-26)29(19-24)31(37-23(4)34)33-28-13-11-25(20-32)12-14-28/h6-14,18-19,22,31,33H,5,15-17,21H2,1-4H3. The maximum absolute atomic E-state index is 12.1. The van der Waals surface area contributed by atoms with E-state index in [9.17, 15) is 4.79 Å². The van der Waals surface area contributed by atoms with Crippen molar-refractivity contribution in [3.05, 3.63) is 94.5 Å². The van der Waals surface area contributed by atoms with Crippen molar-refractivity contribution < 1.29 is 19.0 Å². The zero-order valence-corrected chi connectivity index (χ0v) is 22.1. The molecule has 194 valence electrons. The van der Waals surface area contributed by atoms with Crippen LogP contribution in [0, 0.1) is 17.2 Å². The molecule has 3 rings (SSSR count). The molecule has 1 N–H and O–H groups in total. The van der Waals surface area contributed by atoms with E-state index < -0.39 is 12.2 Å². The van der Waals surface area contributed by atoms with E-state index in [4.69, 9.17) is 19.5 Å². The number of aryl methyl sites for hydroxylation is 1. The molecule has 0 saturated carbocycles. The van der Waals surface area contributed by atoms with Crippen molar-refractivity contribution in [1.82, 2.24) is 0 Å². The molecule has 0 amide bonds. The van der Waals surface area contributed by atoms with Gasteiger partial charge in [0, 0.05) is 12.6 Å². The first-order valence-corrected chi connectivity index (χ1v) is 12.7. The second-order valence-corrected chi connectivity index (χ2v) is 9.33. The summed E-state index contributed by atoms with van der Waals surface area (Å²) in [7, 11) is 0. The highest BCUT2D eigenvalue weighted by atomic mass is 16.6. The van der Waals surface area contributed by atoms with Crippen LogP contribution < -0.4 is 10.1 Å². The van der Waals surface area contributed by atoms with Crippen molar-refractivity contribution in [3.63, 3.8) is 0 Å². The van der Waals surface area contributed by atoms with Crippen LogP contribution in [-0.4, -0.2) is 19.2 Å². The fourth-order valence-electron chi connectivity index (χ4n) is 4.04. The highest BCUT2D eigenvalue weighted by Gasteiger charge is 2.23. The van der Waals surface area contributed by atoms with Crippen LogP contribution in [0.3, 0.4) is 0 Å². The topological polar surface area (TPSA) is 80.6 Å². The molecule has 0 spiro atoms. The first-order valence-electron chi connectivity index (χ1n) is 12.7. The summed E-state index contributed by atoms with van der Waals surface area (Å²) in [5.74, 6) is 0.715. The minimum Gasteiger partial charge on any atom is -0.490 e. The van der Waals surface area contributed by atoms with E-state index in [1.54, 1.807) is 24.3 Å². The van der Waals surface area contributed by atoms with Gasteiger partial charge in [0.15, 0.2) is 0 Å². The van der Waals surface area contributed by atoms with Gasteiger partial charge in [0.2, 0.25) is 6.23 Å². The van der Waals surface area contributed by atoms with Gasteiger partial charge in [-0.2, -0.15) is 5.26 Å². The number of carbonyl (C=O) groups is 1. The Bertz CT molecular complexity index is 1180. The van der Waals surface area contributed by atoms with Crippen LogP contribution in [0.1, 0.15) is 61.7 Å². The molecule has 0 fully saturated rings. The molecule has 0 aliphatic rings. The molecule has 0 heterocycles. The van der Waals surface area contributed by atoms with Crippen molar-refractivity contribution in [1.29, 1.82) is 5.26 Å². The Kier molecular flexibility index (Phi) is 10.5. The molecule has 0 saturated heterocycles. The minimum atomic E-state index is -0.761. The predicted molar refractivity (Wildman–Crippen MR) is 145 cm³/mol. The third-order valence-electron chi connectivity index (χ3n) is 5.75. The van der Waals surface area contributed by atoms with Crippen molar-refractivity contribution in [2.45, 2.75) is 53.4 Å². The largest absolute Gasteiger partial charge is 0.490 e. The molecule has 0 aliphatic carbocycles. The van der Waals surface area contributed by atoms with E-state index in [0.29, 0.717) is 37.1 Å². The molecule has 0 bridgehead atoms. The molecule has 37 heavy (non-hydrogen) atoms. The molecule has 3 aromatic carbocycles. The molecule has 6 nitrogen and oxygen atoms in total. The summed E-state index contributed by atoms with van der Waals surface area (Å²) in [6.07, 6.45) is 0.899. The number of hydrogen-bond donors (Lipinski definition) is 1. The summed E-state index contributed by atoms with van der Waals surface area (Å²) in [6.45, 7) is 9.13. The summed E-state index contributed by atoms with van der Waals surface area (Å²) in [4.78, 5) is 12.1. The van der Waals surface area contributed by atoms with Crippen LogP contribution in [0.2, 0.25) is 0 Å². The van der Waals surface area contributed by atoms with Crippen LogP contribution in [-0.2, 0) is 33.7 Å². The smallest absolute Gasteiger partial charge is 0.304 e. The van der Waals surface area contributed by atoms with Crippen molar-refractivity contribution in [3.8, 4) is 11.8 Å². The Morgan fingerprint density at radius 3 is 2.35 bits per heavy atom. The quantitative estimate of drug-likeness (QED) is 0.162. The monoisotopic (exact) mass is 500 g/mol. The molecule has 6 heteroatoms. The highest BCUT2D eigenvalue weighted by molar-refractivity contribution is 5.67. The number of anilines is 1. The van der Waals surface area contributed by atoms with Gasteiger partial charge in [0.05, 0.1) is 30.4 Å². The molecule has 0 radical (unpaired) electrons. The Hall–Kier alpha value is -3.82. The summed E-state index contributed by atoms with van der Waals surface area (Å²) < 4.78 is 17.9. The van der Waals surface area contributed by atoms with Gasteiger partial charge in [-0.05, 0) is 65.8 Å². The van der Waals surface area contributed by atoms with Gasteiger partial charge in [0.1, 0.15) is 12.4 Å². The normalized spacial score (nSPS) is 11.6. The Morgan fingerprint density at radius 2 is 1.73 bits per heavy atom. The van der Waals surface area contributed by atoms with Crippen LogP contribution in [0.4, 0.5) is 5.69 Å². The fraction of sp³-hybridized carbons (Fsp3) is 0.355. The number of nitrogens with zero attached hydrogens (tertiary/aromatic N) is 1. The first kappa shape index (κ1) is 27.8. The number of ether oxygens (including phenoxy) is 3. The third kappa shape index (κ3) is 8.66. The Balaban J connectivity index is 1.88. The lowest BCUT2D eigenvalue weighted by molar-refractivity contribution is -0.145. The van der Waals surface area contributed by atoms with Gasteiger partial charge in [-0.15, -0.1) is 0 Å². The lowest BCUT2D eigenvalue weighted by Crippen LogP contribution is -2.20. The van der Waals surface area contributed by atoms with Gasteiger partial charge in [0.25, 0.3) is 0 Å². The van der Waals surface area contributed by atoms with Crippen LogP contribution in [0.15, 0.2) is 66.7 Å². The van der Waals surface area contributed by atoms with Gasteiger partial charge < -0.3 is 19.5 Å². The SMILES string of the molecule is CCc1cc(CC(C)C)c(OCCOCc2ccccc2)c(C(Nc2ccc(C#N)cc2)OC(C)=O)c1. The number of benzene rings is 3. The zero-order valence-electron chi connectivity index (χ0n) is 22.1. The minimum absolute atomic E-state index is 0.361. The van der Waals surface area contributed by atoms with E-state index in [2.05, 4.69) is 38.2 Å². The first-order chi connectivity index (χ1) is 17.9. The highest BCUT2D eigenvalue weighted by Crippen LogP contribution is 2.35. The van der Waals surface area contributed by atoms with Crippen molar-refractivity contribution in [2.24, 2.45) is 5.92 Å². The third-order valence-corrected chi connectivity index (χ3v) is 5.75. The number of rotatable bonds is 13. The van der Waals surface area contributed by atoms with E-state index in [0.717, 1.165) is 40.8 Å². The summed E-state index contributed by atoms with van der Waals surface area (Å²) in [5, 5.41) is 12.4. The van der Waals surface area contributed by atoms with E-state index in [1.807, 2.05) is 36.4 Å². The second kappa shape index (κ2) is 14.1. The van der Waals surface area contributed by atoms with Gasteiger partial charge >= 0.3 is 5.97 Å². The van der Waals surface area contributed by atoms with Crippen molar-refractivity contribution >= 4 is 11.7 Å². The molecular formula is C31H36N2O4. The lowest BCUT2D eigenvalue weighted by Gasteiger charge is -2.25. The van der Waals surface area contributed by atoms with Gasteiger partial charge in [-0.25, -0.2) is 0 Å². The summed E-state index contributed by atoms with van der Waals surface area (Å²) in [6, 6.07) is 23.4. The van der Waals surface area contributed by atoms with Crippen LogP contribution in [0.5, 0.6) is 5.75 Å².